The Balaban J connectivity index is 1.25. The molecule has 0 atom stereocenters. The van der Waals surface area contributed by atoms with Gasteiger partial charge in [0.25, 0.3) is 0 Å². The van der Waals surface area contributed by atoms with Gasteiger partial charge in [0.15, 0.2) is 0 Å². The van der Waals surface area contributed by atoms with E-state index in [0.29, 0.717) is 0 Å². The molecule has 36 heavy (non-hydrogen) atoms. The molecule has 0 amide bonds. The lowest BCUT2D eigenvalue weighted by Gasteiger charge is -2.04. The van der Waals surface area contributed by atoms with E-state index < -0.39 is 0 Å². The Morgan fingerprint density at radius 3 is 1.25 bits per heavy atom. The van der Waals surface area contributed by atoms with E-state index in [-0.39, 0.29) is 0 Å². The highest BCUT2D eigenvalue weighted by molar-refractivity contribution is 8.41. The summed E-state index contributed by atoms with van der Waals surface area (Å²) in [5, 5.41) is 0. The molecule has 0 aromatic carbocycles. The van der Waals surface area contributed by atoms with Gasteiger partial charge in [0, 0.05) is 19.5 Å². The average molecular weight is 657 g/mol. The summed E-state index contributed by atoms with van der Waals surface area (Å²) in [7, 11) is 0. The van der Waals surface area contributed by atoms with Crippen molar-refractivity contribution in [3.05, 3.63) is 68.2 Å². The molecule has 4 heterocycles. The molecule has 0 fully saturated rings. The van der Waals surface area contributed by atoms with Crippen LogP contribution < -0.4 is 0 Å². The molecule has 0 N–H and O–H groups in total. The van der Waals surface area contributed by atoms with E-state index in [2.05, 4.69) is 49.3 Å². The predicted octanol–water partition coefficient (Wildman–Crippen LogP) is 11.9. The summed E-state index contributed by atoms with van der Waals surface area (Å²) in [5.41, 5.74) is 6.41. The molecule has 0 nitrogen and oxygen atoms in total. The monoisotopic (exact) mass is 656 g/mol. The smallest absolute Gasteiger partial charge is 0.0657 e. The molecule has 0 unspecified atom stereocenters. The SMILES string of the molecule is CSC1=C(SC)SC(=Cc2cc3c(s2)/C(=C2/CCc4cc(C=C5SC(SC)=C(SC)S5)sc42)CC3)S1. The molecule has 0 saturated heterocycles. The predicted molar refractivity (Wildman–Crippen MR) is 187 cm³/mol. The van der Waals surface area contributed by atoms with Gasteiger partial charge in [0.05, 0.1) is 25.4 Å². The molecular formula is C26H24S10. The third-order valence-electron chi connectivity index (χ3n) is 6.23. The van der Waals surface area contributed by atoms with Gasteiger partial charge in [-0.2, -0.15) is 0 Å². The van der Waals surface area contributed by atoms with Crippen LogP contribution in [0.1, 0.15) is 43.5 Å². The maximum Gasteiger partial charge on any atom is 0.0657 e. The van der Waals surface area contributed by atoms with Crippen LogP contribution in [0.15, 0.2) is 37.6 Å². The number of hydrogen-bond acceptors (Lipinski definition) is 10. The van der Waals surface area contributed by atoms with Gasteiger partial charge in [-0.25, -0.2) is 0 Å². The normalized spacial score (nSPS) is 21.3. The van der Waals surface area contributed by atoms with Gasteiger partial charge in [0.1, 0.15) is 0 Å². The Morgan fingerprint density at radius 1 is 0.556 bits per heavy atom. The van der Waals surface area contributed by atoms with Gasteiger partial charge in [-0.15, -0.1) is 69.7 Å². The van der Waals surface area contributed by atoms with E-state index >= 15 is 0 Å². The lowest BCUT2D eigenvalue weighted by molar-refractivity contribution is 1.06. The molecule has 4 aliphatic rings. The maximum absolute atomic E-state index is 2.46. The number of thiophene rings is 2. The topological polar surface area (TPSA) is 0 Å². The summed E-state index contributed by atoms with van der Waals surface area (Å²) in [6.45, 7) is 0. The molecule has 2 aromatic heterocycles. The van der Waals surface area contributed by atoms with Crippen molar-refractivity contribution in [2.75, 3.05) is 25.0 Å². The fourth-order valence-electron chi connectivity index (χ4n) is 4.67. The van der Waals surface area contributed by atoms with Gasteiger partial charge >= 0.3 is 0 Å². The molecule has 188 valence electrons. The van der Waals surface area contributed by atoms with E-state index in [0.717, 1.165) is 0 Å². The highest BCUT2D eigenvalue weighted by Gasteiger charge is 2.29. The third kappa shape index (κ3) is 5.31. The van der Waals surface area contributed by atoms with Crippen molar-refractivity contribution in [1.82, 2.24) is 0 Å². The molecule has 2 aliphatic heterocycles. The number of fused-ring (bicyclic) bond motifs is 2. The molecule has 2 aliphatic carbocycles. The van der Waals surface area contributed by atoms with E-state index in [1.807, 2.05) is 117 Å². The Kier molecular flexibility index (Phi) is 8.87. The standard InChI is InChI=1S/C26H24S10/c1-27-23-24(28-2)34-19(33-23)11-15-9-13-5-7-17(21(13)31-15)18-8-6-14-10-16(32-22(14)18)12-20-35-25(29-3)26(30-4)36-20/h9-12H,5-8H2,1-4H3/b18-17-. The van der Waals surface area contributed by atoms with Crippen LogP contribution in [0.5, 0.6) is 0 Å². The summed E-state index contributed by atoms with van der Waals surface area (Å²) < 4.78 is 8.64. The van der Waals surface area contributed by atoms with Gasteiger partial charge in [-0.05, 0) is 97.3 Å². The highest BCUT2D eigenvalue weighted by Crippen LogP contribution is 2.58. The third-order valence-corrected chi connectivity index (χ3v) is 18.8. The van der Waals surface area contributed by atoms with E-state index in [1.54, 1.807) is 32.0 Å². The minimum Gasteiger partial charge on any atom is -0.136 e. The van der Waals surface area contributed by atoms with Gasteiger partial charge in [-0.3, -0.25) is 0 Å². The van der Waals surface area contributed by atoms with Gasteiger partial charge in [-0.1, -0.05) is 47.0 Å². The number of hydrogen-bond donors (Lipinski definition) is 0. The Labute approximate surface area is 256 Å². The maximum atomic E-state index is 2.46. The van der Waals surface area contributed by atoms with Crippen molar-refractivity contribution in [2.24, 2.45) is 0 Å². The summed E-state index contributed by atoms with van der Waals surface area (Å²) in [6.07, 6.45) is 18.4. The number of allylic oxidation sites excluding steroid dienone is 2. The second-order valence-electron chi connectivity index (χ2n) is 8.26. The molecule has 2 aromatic rings. The van der Waals surface area contributed by atoms with Crippen LogP contribution in [0.2, 0.25) is 0 Å². The van der Waals surface area contributed by atoms with Crippen molar-refractivity contribution in [2.45, 2.75) is 25.7 Å². The van der Waals surface area contributed by atoms with E-state index in [9.17, 15) is 0 Å². The van der Waals surface area contributed by atoms with Crippen molar-refractivity contribution in [3.8, 4) is 0 Å². The quantitative estimate of drug-likeness (QED) is 0.297. The first kappa shape index (κ1) is 27.1. The zero-order valence-electron chi connectivity index (χ0n) is 20.2. The average Bonchev–Trinajstić information content (AvgIpc) is 3.69. The van der Waals surface area contributed by atoms with Crippen molar-refractivity contribution >= 4 is 140 Å². The van der Waals surface area contributed by atoms with Crippen LogP contribution in [0.25, 0.3) is 23.3 Å². The molecule has 6 rings (SSSR count). The second-order valence-corrected chi connectivity index (χ2v) is 19.5. The van der Waals surface area contributed by atoms with Crippen LogP contribution >= 0.6 is 117 Å². The fourth-order valence-corrected chi connectivity index (χ4v) is 17.3. The van der Waals surface area contributed by atoms with Crippen molar-refractivity contribution in [1.29, 1.82) is 0 Å². The Morgan fingerprint density at radius 2 is 0.917 bits per heavy atom. The largest absolute Gasteiger partial charge is 0.136 e. The Hall–Kier alpha value is 0.900. The van der Waals surface area contributed by atoms with Crippen LogP contribution in [0.3, 0.4) is 0 Å². The first-order chi connectivity index (χ1) is 17.6. The molecular weight excluding hydrogens is 633 g/mol. The lowest BCUT2D eigenvalue weighted by Crippen LogP contribution is -1.81. The zero-order chi connectivity index (χ0) is 24.8. The first-order valence-electron chi connectivity index (χ1n) is 11.4. The van der Waals surface area contributed by atoms with Crippen LogP contribution in [0.4, 0.5) is 0 Å². The van der Waals surface area contributed by atoms with Gasteiger partial charge in [0.2, 0.25) is 0 Å². The van der Waals surface area contributed by atoms with E-state index in [1.165, 1.54) is 60.9 Å². The molecule has 0 spiro atoms. The number of rotatable bonds is 6. The molecule has 0 radical (unpaired) electrons. The van der Waals surface area contributed by atoms with Crippen LogP contribution in [-0.2, 0) is 12.8 Å². The van der Waals surface area contributed by atoms with Crippen LogP contribution in [-0.4, -0.2) is 25.0 Å². The zero-order valence-corrected chi connectivity index (χ0v) is 28.4. The minimum absolute atomic E-state index is 1.20. The summed E-state index contributed by atoms with van der Waals surface area (Å²) in [5.74, 6) is 0. The molecule has 0 bridgehead atoms. The van der Waals surface area contributed by atoms with Crippen molar-refractivity contribution < 1.29 is 0 Å². The van der Waals surface area contributed by atoms with Crippen LogP contribution in [0, 0.1) is 0 Å². The van der Waals surface area contributed by atoms with Gasteiger partial charge < -0.3 is 0 Å². The lowest BCUT2D eigenvalue weighted by atomic mass is 10.1. The Bertz CT molecular complexity index is 1240. The highest BCUT2D eigenvalue weighted by atomic mass is 32.3. The summed E-state index contributed by atoms with van der Waals surface area (Å²) in [6, 6.07) is 4.93. The van der Waals surface area contributed by atoms with Crippen molar-refractivity contribution in [3.63, 3.8) is 0 Å². The van der Waals surface area contributed by atoms with E-state index in [4.69, 9.17) is 0 Å². The number of thioether (sulfide) groups is 8. The molecule has 10 heteroatoms. The fraction of sp³-hybridized carbons (Fsp3) is 0.308. The summed E-state index contributed by atoms with van der Waals surface area (Å²) >= 11 is 19.3. The minimum atomic E-state index is 1.20. The first-order valence-corrected chi connectivity index (χ1v) is 21.2. The number of aryl methyl sites for hydroxylation is 2. The molecule has 0 saturated carbocycles. The second kappa shape index (κ2) is 11.8. The summed E-state index contributed by atoms with van der Waals surface area (Å²) in [4.78, 5) is 5.97.